The van der Waals surface area contributed by atoms with Gasteiger partial charge >= 0.3 is 0 Å². The van der Waals surface area contributed by atoms with Crippen LogP contribution in [-0.2, 0) is 22.7 Å². The van der Waals surface area contributed by atoms with E-state index in [9.17, 15) is 9.59 Å². The van der Waals surface area contributed by atoms with Crippen LogP contribution in [0.1, 0.15) is 37.8 Å². The maximum absolute atomic E-state index is 11.0. The van der Waals surface area contributed by atoms with Crippen molar-refractivity contribution < 1.29 is 9.59 Å². The molecule has 0 aromatic heterocycles. The Bertz CT molecular complexity index is 774. The van der Waals surface area contributed by atoms with Crippen LogP contribution in [0.5, 0.6) is 0 Å². The fourth-order valence-corrected chi connectivity index (χ4v) is 3.39. The summed E-state index contributed by atoms with van der Waals surface area (Å²) in [5.41, 5.74) is 8.12. The van der Waals surface area contributed by atoms with Gasteiger partial charge in [0.05, 0.1) is 0 Å². The minimum absolute atomic E-state index is 0.232. The Hall–Kier alpha value is -1.95. The van der Waals surface area contributed by atoms with E-state index in [0.717, 1.165) is 45.8 Å². The standard InChI is InChI=1S/C13H21N2OP.C13H20N2O/c1-12(16)7-9-15(10-8-14-17)11-13-5-3-2-4-6-13;1-12(16)7-9-15(10-8-14)11-13-5-3-2-4-6-13/h2-6,14H,7-11,17H2,1H3;2-6H,7-11,14H2,1H3. The average molecular weight is 473 g/mol. The third kappa shape index (κ3) is 15.5. The van der Waals surface area contributed by atoms with Crippen LogP contribution in [0.4, 0.5) is 0 Å². The van der Waals surface area contributed by atoms with Crippen LogP contribution in [0.2, 0.25) is 0 Å². The molecule has 0 aliphatic rings. The van der Waals surface area contributed by atoms with E-state index in [1.807, 2.05) is 36.4 Å². The molecule has 2 rings (SSSR count). The highest BCUT2D eigenvalue weighted by Crippen LogP contribution is 2.06. The Morgan fingerprint density at radius 2 is 1.18 bits per heavy atom. The summed E-state index contributed by atoms with van der Waals surface area (Å²) >= 11 is 0. The zero-order valence-electron chi connectivity index (χ0n) is 20.2. The first-order valence-corrected chi connectivity index (χ1v) is 12.2. The Morgan fingerprint density at radius 3 is 1.55 bits per heavy atom. The molecular formula is C26H41N4O2P. The summed E-state index contributed by atoms with van der Waals surface area (Å²) in [6.45, 7) is 10.00. The number of ketones is 2. The first-order valence-electron chi connectivity index (χ1n) is 11.6. The van der Waals surface area contributed by atoms with Crippen molar-refractivity contribution in [2.24, 2.45) is 5.73 Å². The highest BCUT2D eigenvalue weighted by Gasteiger charge is 2.07. The predicted molar refractivity (Wildman–Crippen MR) is 141 cm³/mol. The van der Waals surface area contributed by atoms with Crippen LogP contribution in [0.15, 0.2) is 60.7 Å². The number of hydrogen-bond acceptors (Lipinski definition) is 6. The molecule has 3 N–H and O–H groups in total. The van der Waals surface area contributed by atoms with Gasteiger partial charge in [-0.2, -0.15) is 0 Å². The highest BCUT2D eigenvalue weighted by atomic mass is 31.0. The van der Waals surface area contributed by atoms with E-state index < -0.39 is 0 Å². The summed E-state index contributed by atoms with van der Waals surface area (Å²) < 4.78 is 0. The second-order valence-electron chi connectivity index (χ2n) is 8.17. The molecule has 0 saturated carbocycles. The van der Waals surface area contributed by atoms with Crippen molar-refractivity contribution in [3.05, 3.63) is 71.8 Å². The van der Waals surface area contributed by atoms with Crippen molar-refractivity contribution in [1.82, 2.24) is 14.9 Å². The SMILES string of the molecule is CC(=O)CCN(CCN)Cc1ccccc1.CC(=O)CCN(CCNP)Cc1ccccc1. The van der Waals surface area contributed by atoms with Gasteiger partial charge in [0.25, 0.3) is 0 Å². The van der Waals surface area contributed by atoms with Gasteiger partial charge in [-0.1, -0.05) is 70.1 Å². The van der Waals surface area contributed by atoms with Gasteiger partial charge in [0.15, 0.2) is 0 Å². The van der Waals surface area contributed by atoms with Crippen LogP contribution in [0, 0.1) is 0 Å². The summed E-state index contributed by atoms with van der Waals surface area (Å²) in [6, 6.07) is 20.6. The van der Waals surface area contributed by atoms with Gasteiger partial charge in [-0.25, -0.2) is 0 Å². The molecule has 0 aliphatic carbocycles. The number of nitrogens with two attached hydrogens (primary N) is 1. The molecule has 2 aromatic carbocycles. The van der Waals surface area contributed by atoms with Crippen molar-refractivity contribution >= 4 is 21.0 Å². The number of Topliss-reactive ketones (excluding diaryl/α,β-unsaturated/α-hetero) is 2. The van der Waals surface area contributed by atoms with Crippen molar-refractivity contribution in [2.75, 3.05) is 39.3 Å². The largest absolute Gasteiger partial charge is 0.329 e. The maximum Gasteiger partial charge on any atom is 0.131 e. The Kier molecular flexibility index (Phi) is 16.3. The molecule has 0 spiro atoms. The number of nitrogens with zero attached hydrogens (tertiary/aromatic N) is 2. The van der Waals surface area contributed by atoms with E-state index in [-0.39, 0.29) is 11.6 Å². The van der Waals surface area contributed by atoms with Crippen LogP contribution in [0.25, 0.3) is 0 Å². The van der Waals surface area contributed by atoms with Gasteiger partial charge in [0.1, 0.15) is 11.6 Å². The van der Waals surface area contributed by atoms with Crippen molar-refractivity contribution in [1.29, 1.82) is 0 Å². The first-order chi connectivity index (χ1) is 15.9. The minimum Gasteiger partial charge on any atom is -0.329 e. The van der Waals surface area contributed by atoms with Gasteiger partial charge in [-0.15, -0.1) is 0 Å². The summed E-state index contributed by atoms with van der Waals surface area (Å²) in [7, 11) is 2.51. The highest BCUT2D eigenvalue weighted by molar-refractivity contribution is 7.13. The van der Waals surface area contributed by atoms with E-state index in [1.54, 1.807) is 13.8 Å². The topological polar surface area (TPSA) is 78.7 Å². The normalized spacial score (nSPS) is 10.7. The van der Waals surface area contributed by atoms with Gasteiger partial charge in [0.2, 0.25) is 0 Å². The molecule has 0 bridgehead atoms. The lowest BCUT2D eigenvalue weighted by atomic mass is 10.2. The minimum atomic E-state index is 0.232. The molecule has 7 heteroatoms. The van der Waals surface area contributed by atoms with Crippen LogP contribution in [-0.4, -0.2) is 60.6 Å². The van der Waals surface area contributed by atoms with E-state index in [1.165, 1.54) is 11.1 Å². The van der Waals surface area contributed by atoms with E-state index in [0.29, 0.717) is 19.4 Å². The van der Waals surface area contributed by atoms with Crippen LogP contribution in [0.3, 0.4) is 0 Å². The molecule has 0 amide bonds. The summed E-state index contributed by atoms with van der Waals surface area (Å²) in [5, 5.41) is 3.06. The Labute approximate surface area is 202 Å². The molecular weight excluding hydrogens is 431 g/mol. The zero-order chi connectivity index (χ0) is 24.3. The molecule has 1 atom stereocenters. The molecule has 0 radical (unpaired) electrons. The average Bonchev–Trinajstić information content (AvgIpc) is 2.81. The lowest BCUT2D eigenvalue weighted by Crippen LogP contribution is -2.30. The lowest BCUT2D eigenvalue weighted by molar-refractivity contribution is -0.118. The van der Waals surface area contributed by atoms with Crippen molar-refractivity contribution in [2.45, 2.75) is 39.8 Å². The number of hydrogen-bond donors (Lipinski definition) is 2. The Balaban J connectivity index is 0.000000331. The van der Waals surface area contributed by atoms with E-state index >= 15 is 0 Å². The first kappa shape index (κ1) is 29.1. The second-order valence-corrected chi connectivity index (χ2v) is 8.58. The third-order valence-electron chi connectivity index (χ3n) is 5.08. The lowest BCUT2D eigenvalue weighted by Gasteiger charge is -2.21. The van der Waals surface area contributed by atoms with E-state index in [2.05, 4.69) is 48.5 Å². The van der Waals surface area contributed by atoms with Gasteiger partial charge in [-0.05, 0) is 25.0 Å². The third-order valence-corrected chi connectivity index (χ3v) is 5.36. The fourth-order valence-electron chi connectivity index (χ4n) is 3.26. The number of rotatable bonds is 15. The summed E-state index contributed by atoms with van der Waals surface area (Å²) in [5.74, 6) is 0.483. The van der Waals surface area contributed by atoms with Crippen molar-refractivity contribution in [3.8, 4) is 0 Å². The van der Waals surface area contributed by atoms with Gasteiger partial charge in [0, 0.05) is 65.2 Å². The molecule has 0 saturated heterocycles. The molecule has 0 heterocycles. The van der Waals surface area contributed by atoms with E-state index in [4.69, 9.17) is 5.73 Å². The number of nitrogens with one attached hydrogen (secondary N) is 1. The number of carbonyl (C=O) groups is 2. The number of benzene rings is 2. The molecule has 0 fully saturated rings. The Morgan fingerprint density at radius 1 is 0.758 bits per heavy atom. The molecule has 6 nitrogen and oxygen atoms in total. The van der Waals surface area contributed by atoms with Crippen molar-refractivity contribution in [3.63, 3.8) is 0 Å². The molecule has 2 aromatic rings. The monoisotopic (exact) mass is 472 g/mol. The van der Waals surface area contributed by atoms with Crippen LogP contribution < -0.4 is 10.8 Å². The van der Waals surface area contributed by atoms with Crippen LogP contribution >= 0.6 is 9.39 Å². The zero-order valence-corrected chi connectivity index (χ0v) is 21.4. The summed E-state index contributed by atoms with van der Waals surface area (Å²) in [6.07, 6.45) is 1.23. The fraction of sp³-hybridized carbons (Fsp3) is 0.462. The maximum atomic E-state index is 11.0. The smallest absolute Gasteiger partial charge is 0.131 e. The quantitative estimate of drug-likeness (QED) is 0.388. The number of carbonyl (C=O) groups excluding carboxylic acids is 2. The molecule has 33 heavy (non-hydrogen) atoms. The van der Waals surface area contributed by atoms with Gasteiger partial charge in [-0.3, -0.25) is 24.5 Å². The summed E-state index contributed by atoms with van der Waals surface area (Å²) in [4.78, 5) is 26.5. The second kappa shape index (κ2) is 18.5. The molecule has 1 unspecified atom stereocenters. The predicted octanol–water partition coefficient (Wildman–Crippen LogP) is 3.27. The van der Waals surface area contributed by atoms with Gasteiger partial charge < -0.3 is 5.73 Å². The molecule has 182 valence electrons. The molecule has 0 aliphatic heterocycles.